The number of ether oxygens (including phenoxy) is 1. The standard InChI is InChI=1S/C25H36O2/c1-3-4-18-7-11-19(12-8-18)21-13-14-22-16-24(27-25(26)23(22)15-21)20-9-5-17(2)6-10-20/h13-15,17-20,24H,3-12,16H2,1-2H3. The van der Waals surface area contributed by atoms with E-state index >= 15 is 0 Å². The van der Waals surface area contributed by atoms with Crippen LogP contribution < -0.4 is 0 Å². The van der Waals surface area contributed by atoms with E-state index in [1.54, 1.807) is 0 Å². The van der Waals surface area contributed by atoms with E-state index in [1.807, 2.05) is 0 Å². The molecule has 0 N–H and O–H groups in total. The van der Waals surface area contributed by atoms with E-state index in [9.17, 15) is 4.79 Å². The lowest BCUT2D eigenvalue weighted by atomic mass is 9.75. The van der Waals surface area contributed by atoms with Gasteiger partial charge < -0.3 is 4.74 Å². The van der Waals surface area contributed by atoms with Crippen molar-refractivity contribution in [2.24, 2.45) is 17.8 Å². The van der Waals surface area contributed by atoms with Gasteiger partial charge in [-0.3, -0.25) is 0 Å². The topological polar surface area (TPSA) is 26.3 Å². The predicted molar refractivity (Wildman–Crippen MR) is 110 cm³/mol. The van der Waals surface area contributed by atoms with E-state index < -0.39 is 0 Å². The summed E-state index contributed by atoms with van der Waals surface area (Å²) in [6.45, 7) is 4.64. The van der Waals surface area contributed by atoms with E-state index in [1.165, 1.54) is 75.3 Å². The zero-order valence-electron chi connectivity index (χ0n) is 17.2. The van der Waals surface area contributed by atoms with Gasteiger partial charge in [0.1, 0.15) is 6.10 Å². The molecule has 4 rings (SSSR count). The summed E-state index contributed by atoms with van der Waals surface area (Å²) in [7, 11) is 0. The maximum Gasteiger partial charge on any atom is 0.338 e. The third-order valence-corrected chi connectivity index (χ3v) is 7.63. The second-order valence-corrected chi connectivity index (χ2v) is 9.59. The Bertz CT molecular complexity index is 648. The molecule has 0 bridgehead atoms. The van der Waals surface area contributed by atoms with Crippen molar-refractivity contribution < 1.29 is 9.53 Å². The molecule has 2 nitrogen and oxygen atoms in total. The van der Waals surface area contributed by atoms with Crippen molar-refractivity contribution in [1.82, 2.24) is 0 Å². The third-order valence-electron chi connectivity index (χ3n) is 7.63. The normalized spacial score (nSPS) is 34.0. The summed E-state index contributed by atoms with van der Waals surface area (Å²) in [6.07, 6.45) is 14.0. The van der Waals surface area contributed by atoms with Crippen LogP contribution in [-0.4, -0.2) is 12.1 Å². The van der Waals surface area contributed by atoms with Crippen molar-refractivity contribution in [3.05, 3.63) is 34.9 Å². The number of carbonyl (C=O) groups is 1. The van der Waals surface area contributed by atoms with Gasteiger partial charge in [-0.15, -0.1) is 0 Å². The van der Waals surface area contributed by atoms with Gasteiger partial charge in [-0.2, -0.15) is 0 Å². The van der Waals surface area contributed by atoms with Crippen LogP contribution in [0.3, 0.4) is 0 Å². The van der Waals surface area contributed by atoms with Crippen LogP contribution in [0, 0.1) is 17.8 Å². The smallest absolute Gasteiger partial charge is 0.338 e. The number of benzene rings is 1. The number of esters is 1. The molecule has 148 valence electrons. The van der Waals surface area contributed by atoms with Gasteiger partial charge in [0.25, 0.3) is 0 Å². The first-order chi connectivity index (χ1) is 13.1. The monoisotopic (exact) mass is 368 g/mol. The largest absolute Gasteiger partial charge is 0.458 e. The van der Waals surface area contributed by atoms with Crippen molar-refractivity contribution in [3.63, 3.8) is 0 Å². The van der Waals surface area contributed by atoms with Crippen molar-refractivity contribution in [2.45, 2.75) is 96.5 Å². The lowest BCUT2D eigenvalue weighted by molar-refractivity contribution is 0.000466. The Kier molecular flexibility index (Phi) is 5.90. The summed E-state index contributed by atoms with van der Waals surface area (Å²) in [6, 6.07) is 6.71. The van der Waals surface area contributed by atoms with Gasteiger partial charge in [0, 0.05) is 6.42 Å². The highest BCUT2D eigenvalue weighted by atomic mass is 16.5. The molecule has 2 fully saturated rings. The molecule has 3 aliphatic rings. The van der Waals surface area contributed by atoms with E-state index in [2.05, 4.69) is 32.0 Å². The number of fused-ring (bicyclic) bond motifs is 1. The summed E-state index contributed by atoms with van der Waals surface area (Å²) in [4.78, 5) is 12.8. The molecule has 0 aromatic heterocycles. The first-order valence-corrected chi connectivity index (χ1v) is 11.5. The molecule has 0 amide bonds. The van der Waals surface area contributed by atoms with Gasteiger partial charge in [-0.1, -0.05) is 51.7 Å². The molecule has 1 unspecified atom stereocenters. The first kappa shape index (κ1) is 19.0. The van der Waals surface area contributed by atoms with Gasteiger partial charge in [-0.25, -0.2) is 4.79 Å². The van der Waals surface area contributed by atoms with E-state index in [0.717, 1.165) is 23.8 Å². The summed E-state index contributed by atoms with van der Waals surface area (Å²) in [5, 5.41) is 0. The van der Waals surface area contributed by atoms with Crippen molar-refractivity contribution in [1.29, 1.82) is 0 Å². The summed E-state index contributed by atoms with van der Waals surface area (Å²) < 4.78 is 5.94. The number of cyclic esters (lactones) is 1. The Balaban J connectivity index is 1.43. The molecule has 0 saturated heterocycles. The Morgan fingerprint density at radius 1 is 1.00 bits per heavy atom. The molecule has 1 aromatic carbocycles. The van der Waals surface area contributed by atoms with Crippen LogP contribution in [0.5, 0.6) is 0 Å². The van der Waals surface area contributed by atoms with Crippen molar-refractivity contribution in [2.75, 3.05) is 0 Å². The summed E-state index contributed by atoms with van der Waals surface area (Å²) in [5.41, 5.74) is 3.44. The fourth-order valence-corrected chi connectivity index (χ4v) is 5.79. The first-order valence-electron chi connectivity index (χ1n) is 11.5. The lowest BCUT2D eigenvalue weighted by Gasteiger charge is -2.35. The molecule has 1 heterocycles. The molecule has 1 aliphatic heterocycles. The number of rotatable bonds is 4. The summed E-state index contributed by atoms with van der Waals surface area (Å²) >= 11 is 0. The molecule has 27 heavy (non-hydrogen) atoms. The van der Waals surface area contributed by atoms with Crippen LogP contribution in [0.15, 0.2) is 18.2 Å². The quantitative estimate of drug-likeness (QED) is 0.555. The lowest BCUT2D eigenvalue weighted by Crippen LogP contribution is -2.35. The summed E-state index contributed by atoms with van der Waals surface area (Å²) in [5.74, 6) is 2.89. The van der Waals surface area contributed by atoms with Crippen LogP contribution in [0.4, 0.5) is 0 Å². The van der Waals surface area contributed by atoms with E-state index in [4.69, 9.17) is 4.74 Å². The molecule has 0 spiro atoms. The highest BCUT2D eigenvalue weighted by molar-refractivity contribution is 5.92. The molecule has 2 aliphatic carbocycles. The fraction of sp³-hybridized carbons (Fsp3) is 0.720. The molecule has 2 heteroatoms. The van der Waals surface area contributed by atoms with E-state index in [-0.39, 0.29) is 12.1 Å². The molecule has 1 atom stereocenters. The van der Waals surface area contributed by atoms with Crippen molar-refractivity contribution >= 4 is 5.97 Å². The second kappa shape index (κ2) is 8.37. The Labute approximate surface area is 165 Å². The second-order valence-electron chi connectivity index (χ2n) is 9.59. The molecule has 1 aromatic rings. The minimum absolute atomic E-state index is 0.0682. The van der Waals surface area contributed by atoms with Gasteiger partial charge >= 0.3 is 5.97 Å². The molecule has 0 radical (unpaired) electrons. The maximum atomic E-state index is 12.8. The minimum Gasteiger partial charge on any atom is -0.458 e. The van der Waals surface area contributed by atoms with Crippen LogP contribution in [-0.2, 0) is 11.2 Å². The number of hydrogen-bond donors (Lipinski definition) is 0. The average molecular weight is 369 g/mol. The number of carbonyl (C=O) groups excluding carboxylic acids is 1. The van der Waals surface area contributed by atoms with Gasteiger partial charge in [0.05, 0.1) is 5.56 Å². The van der Waals surface area contributed by atoms with Crippen LogP contribution in [0.1, 0.15) is 105 Å². The van der Waals surface area contributed by atoms with E-state index in [0.29, 0.717) is 11.8 Å². The number of hydrogen-bond acceptors (Lipinski definition) is 2. The third kappa shape index (κ3) is 4.25. The Morgan fingerprint density at radius 2 is 1.74 bits per heavy atom. The van der Waals surface area contributed by atoms with Crippen molar-refractivity contribution in [3.8, 4) is 0 Å². The molecule has 2 saturated carbocycles. The molecular weight excluding hydrogens is 332 g/mol. The van der Waals surface area contributed by atoms with Crippen LogP contribution >= 0.6 is 0 Å². The predicted octanol–water partition coefficient (Wildman–Crippen LogP) is 6.67. The SMILES string of the molecule is CCCC1CCC(c2ccc3c(c2)C(=O)OC(C2CCC(C)CC2)C3)CC1. The van der Waals surface area contributed by atoms with Gasteiger partial charge in [0.2, 0.25) is 0 Å². The Hall–Kier alpha value is -1.31. The highest BCUT2D eigenvalue weighted by Crippen LogP contribution is 2.40. The zero-order chi connectivity index (χ0) is 18.8. The van der Waals surface area contributed by atoms with Gasteiger partial charge in [0.15, 0.2) is 0 Å². The fourth-order valence-electron chi connectivity index (χ4n) is 5.79. The van der Waals surface area contributed by atoms with Crippen LogP contribution in [0.25, 0.3) is 0 Å². The molecular formula is C25H36O2. The minimum atomic E-state index is -0.0682. The Morgan fingerprint density at radius 3 is 2.44 bits per heavy atom. The van der Waals surface area contributed by atoms with Crippen LogP contribution in [0.2, 0.25) is 0 Å². The van der Waals surface area contributed by atoms with Gasteiger partial charge in [-0.05, 0) is 79.4 Å². The zero-order valence-corrected chi connectivity index (χ0v) is 17.2. The average Bonchev–Trinajstić information content (AvgIpc) is 2.69. The maximum absolute atomic E-state index is 12.8. The highest BCUT2D eigenvalue weighted by Gasteiger charge is 2.34.